The van der Waals surface area contributed by atoms with Gasteiger partial charge in [0.25, 0.3) is 0 Å². The van der Waals surface area contributed by atoms with Crippen LogP contribution in [0, 0.1) is 0 Å². The molecule has 2 unspecified atom stereocenters. The van der Waals surface area contributed by atoms with E-state index in [1.165, 1.54) is 71.4 Å². The van der Waals surface area contributed by atoms with Crippen LogP contribution < -0.4 is 10.2 Å². The van der Waals surface area contributed by atoms with Crippen LogP contribution in [0.5, 0.6) is 5.75 Å². The minimum Gasteiger partial charge on any atom is -0.507 e. The number of hydrogen-bond acceptors (Lipinski definition) is 3. The van der Waals surface area contributed by atoms with Crippen LogP contribution >= 0.6 is 0 Å². The Morgan fingerprint density at radius 3 is 1.80 bits per heavy atom. The quantitative estimate of drug-likeness (QED) is 0.168. The molecule has 0 radical (unpaired) electrons. The zero-order chi connectivity index (χ0) is 46.0. The van der Waals surface area contributed by atoms with Crippen LogP contribution in [-0.4, -0.2) is 16.7 Å². The number of anilines is 2. The second kappa shape index (κ2) is 16.5. The second-order valence-corrected chi connectivity index (χ2v) is 18.3. The van der Waals surface area contributed by atoms with Crippen LogP contribution in [0.15, 0.2) is 243 Å². The molecule has 2 heterocycles. The van der Waals surface area contributed by atoms with E-state index in [0.717, 1.165) is 44.7 Å². The minimum atomic E-state index is -0.0288. The van der Waals surface area contributed by atoms with Crippen molar-refractivity contribution in [3.8, 4) is 55.9 Å². The second-order valence-electron chi connectivity index (χ2n) is 18.3. The van der Waals surface area contributed by atoms with Gasteiger partial charge >= 0.3 is 0 Å². The first kappa shape index (κ1) is 40.4. The van der Waals surface area contributed by atoms with Crippen LogP contribution in [0.2, 0.25) is 0 Å². The summed E-state index contributed by atoms with van der Waals surface area (Å²) in [5, 5.41) is 22.5. The molecule has 2 N–H and O–H groups in total. The number of nitrogens with zero attached hydrogens (tertiary/aromatic N) is 2. The molecule has 13 rings (SSSR count). The lowest BCUT2D eigenvalue weighted by Crippen LogP contribution is -2.37. The fourth-order valence-electron chi connectivity index (χ4n) is 11.1. The number of phenols is 1. The maximum absolute atomic E-state index is 11.2. The Bertz CT molecular complexity index is 3890. The smallest absolute Gasteiger partial charge is 0.123 e. The van der Waals surface area contributed by atoms with Crippen molar-refractivity contribution in [3.63, 3.8) is 0 Å². The molecule has 0 spiro atoms. The molecule has 4 nitrogen and oxygen atoms in total. The van der Waals surface area contributed by atoms with Crippen molar-refractivity contribution in [2.24, 2.45) is 0 Å². The first-order valence-electron chi connectivity index (χ1n) is 23.8. The van der Waals surface area contributed by atoms with Gasteiger partial charge in [0.1, 0.15) is 5.75 Å². The number of nitrogens with one attached hydrogen (secondary N) is 1. The highest BCUT2D eigenvalue weighted by atomic mass is 16.3. The molecule has 69 heavy (non-hydrogen) atoms. The van der Waals surface area contributed by atoms with Gasteiger partial charge in [0, 0.05) is 29.1 Å². The van der Waals surface area contributed by atoms with Crippen molar-refractivity contribution in [2.75, 3.05) is 17.3 Å². The SMILES string of the molecule is CN1c2ccccc2NC(c2cccc(-c3ccc(-c4ccccc4)cc3)c2)C1c1ccc(-n2c3ccc4ccccc4c3c3c4ccccc4c(-c4ccc(O)c(-c5ccccc5)c4)cc32)cc1. The van der Waals surface area contributed by atoms with Crippen LogP contribution in [0.3, 0.4) is 0 Å². The number of aromatic nitrogens is 1. The van der Waals surface area contributed by atoms with Crippen molar-refractivity contribution >= 4 is 54.7 Å². The molecule has 0 saturated carbocycles. The summed E-state index contributed by atoms with van der Waals surface area (Å²) in [7, 11) is 2.23. The van der Waals surface area contributed by atoms with E-state index < -0.39 is 0 Å². The lowest BCUT2D eigenvalue weighted by atomic mass is 9.88. The Morgan fingerprint density at radius 1 is 0.406 bits per heavy atom. The van der Waals surface area contributed by atoms with Crippen LogP contribution in [0.4, 0.5) is 11.4 Å². The fourth-order valence-corrected chi connectivity index (χ4v) is 11.1. The summed E-state index contributed by atoms with van der Waals surface area (Å²) in [6.07, 6.45) is 0. The molecule has 0 fully saturated rings. The van der Waals surface area contributed by atoms with E-state index in [2.05, 4.69) is 234 Å². The maximum atomic E-state index is 11.2. The van der Waals surface area contributed by atoms with Gasteiger partial charge < -0.3 is 19.9 Å². The molecule has 1 aromatic heterocycles. The van der Waals surface area contributed by atoms with Gasteiger partial charge in [-0.25, -0.2) is 0 Å². The Labute approximate surface area is 401 Å². The number of rotatable bonds is 7. The minimum absolute atomic E-state index is 0.00407. The van der Waals surface area contributed by atoms with E-state index in [1.807, 2.05) is 30.3 Å². The summed E-state index contributed by atoms with van der Waals surface area (Å²) in [4.78, 5) is 2.44. The zero-order valence-corrected chi connectivity index (χ0v) is 38.1. The van der Waals surface area contributed by atoms with E-state index in [4.69, 9.17) is 0 Å². The molecule has 0 bridgehead atoms. The lowest BCUT2D eigenvalue weighted by molar-refractivity contribution is 0.477. The summed E-state index contributed by atoms with van der Waals surface area (Å²) in [6.45, 7) is 0. The van der Waals surface area contributed by atoms with E-state index in [0.29, 0.717) is 0 Å². The van der Waals surface area contributed by atoms with E-state index in [-0.39, 0.29) is 17.8 Å². The molecule has 1 aliphatic heterocycles. The number of fused-ring (bicyclic) bond motifs is 8. The molecule has 0 saturated heterocycles. The fraction of sp³-hybridized carbons (Fsp3) is 0.0462. The molecule has 2 atom stereocenters. The maximum Gasteiger partial charge on any atom is 0.123 e. The topological polar surface area (TPSA) is 40.4 Å². The molecule has 12 aromatic rings. The predicted octanol–water partition coefficient (Wildman–Crippen LogP) is 16.8. The first-order chi connectivity index (χ1) is 34.1. The molecular formula is C65H47N3O. The third-order valence-corrected chi connectivity index (χ3v) is 14.4. The molecule has 0 amide bonds. The van der Waals surface area contributed by atoms with Gasteiger partial charge in [-0.2, -0.15) is 0 Å². The largest absolute Gasteiger partial charge is 0.507 e. The summed E-state index contributed by atoms with van der Waals surface area (Å²) in [5.74, 6) is 0.266. The summed E-state index contributed by atoms with van der Waals surface area (Å²) >= 11 is 0. The summed E-state index contributed by atoms with van der Waals surface area (Å²) in [6, 6.07) is 87.1. The van der Waals surface area contributed by atoms with Crippen molar-refractivity contribution in [3.05, 3.63) is 254 Å². The lowest BCUT2D eigenvalue weighted by Gasteiger charge is -2.43. The van der Waals surface area contributed by atoms with Crippen LogP contribution in [0.25, 0.3) is 93.5 Å². The van der Waals surface area contributed by atoms with Crippen molar-refractivity contribution in [1.82, 2.24) is 4.57 Å². The summed E-state index contributed by atoms with van der Waals surface area (Å²) < 4.78 is 2.46. The van der Waals surface area contributed by atoms with E-state index in [9.17, 15) is 5.11 Å². The van der Waals surface area contributed by atoms with E-state index >= 15 is 0 Å². The van der Waals surface area contributed by atoms with Gasteiger partial charge in [-0.15, -0.1) is 0 Å². The third kappa shape index (κ3) is 6.83. The first-order valence-corrected chi connectivity index (χ1v) is 23.8. The monoisotopic (exact) mass is 885 g/mol. The predicted molar refractivity (Wildman–Crippen MR) is 290 cm³/mol. The number of aromatic hydroxyl groups is 1. The highest BCUT2D eigenvalue weighted by Crippen LogP contribution is 2.48. The Morgan fingerprint density at radius 2 is 1.01 bits per heavy atom. The van der Waals surface area contributed by atoms with Crippen molar-refractivity contribution in [2.45, 2.75) is 12.1 Å². The number of hydrogen-bond donors (Lipinski definition) is 2. The highest BCUT2D eigenvalue weighted by molar-refractivity contribution is 6.30. The normalized spacial score (nSPS) is 14.6. The van der Waals surface area contributed by atoms with E-state index in [1.54, 1.807) is 0 Å². The van der Waals surface area contributed by atoms with Gasteiger partial charge in [0.15, 0.2) is 0 Å². The standard InChI is InChI=1S/C65H47N3O/c1-67-58-26-13-12-25-57(58)66-64(50-21-14-20-48(39-50)44-29-27-43(28-30-44)42-15-4-2-5-16-42)65(67)47-31-35-51(36-32-47)68-59-37-33-46-19-8-9-22-52(46)62(59)63-54-24-11-10-23-53(54)55(41-60(63)68)49-34-38-61(69)56(40-49)45-17-6-3-7-18-45/h2-41,64-66,69H,1H3. The van der Waals surface area contributed by atoms with Crippen molar-refractivity contribution < 1.29 is 5.11 Å². The molecule has 4 heteroatoms. The molecular weight excluding hydrogens is 839 g/mol. The molecule has 11 aromatic carbocycles. The molecule has 1 aliphatic rings. The van der Waals surface area contributed by atoms with Crippen LogP contribution in [0.1, 0.15) is 23.2 Å². The Hall–Kier alpha value is -8.86. The number of para-hydroxylation sites is 2. The van der Waals surface area contributed by atoms with Gasteiger partial charge in [-0.1, -0.05) is 188 Å². The molecule has 328 valence electrons. The highest BCUT2D eigenvalue weighted by Gasteiger charge is 2.34. The molecule has 0 aliphatic carbocycles. The zero-order valence-electron chi connectivity index (χ0n) is 38.1. The van der Waals surface area contributed by atoms with Crippen molar-refractivity contribution in [1.29, 1.82) is 0 Å². The number of phenolic OH excluding ortho intramolecular Hbond substituents is 1. The van der Waals surface area contributed by atoms with Crippen LogP contribution in [-0.2, 0) is 0 Å². The Balaban J connectivity index is 0.957. The van der Waals surface area contributed by atoms with Gasteiger partial charge in [0.05, 0.1) is 34.5 Å². The third-order valence-electron chi connectivity index (χ3n) is 14.4. The average Bonchev–Trinajstić information content (AvgIpc) is 3.76. The van der Waals surface area contributed by atoms with Gasteiger partial charge in [-0.05, 0) is 126 Å². The van der Waals surface area contributed by atoms with Gasteiger partial charge in [-0.3, -0.25) is 0 Å². The number of benzene rings is 11. The summed E-state index contributed by atoms with van der Waals surface area (Å²) in [5.41, 5.74) is 16.9. The Kier molecular flexibility index (Phi) is 9.65. The van der Waals surface area contributed by atoms with Gasteiger partial charge in [0.2, 0.25) is 0 Å². The average molecular weight is 886 g/mol. The number of likely N-dealkylation sites (N-methyl/N-ethyl adjacent to an activating group) is 1.